The van der Waals surface area contributed by atoms with E-state index in [-0.39, 0.29) is 0 Å². The maximum Gasteiger partial charge on any atom is 0.210 e. The minimum Gasteiger partial charge on any atom is -0.377 e. The molecule has 3 rings (SSSR count). The Labute approximate surface area is 92.6 Å². The minimum absolute atomic E-state index is 0.512. The lowest BCUT2D eigenvalue weighted by atomic mass is 10.3. The Morgan fingerprint density at radius 2 is 2.47 bits per heavy atom. The molecule has 1 aliphatic carbocycles. The second-order valence-electron chi connectivity index (χ2n) is 3.99. The third-order valence-corrected chi connectivity index (χ3v) is 4.32. The molecule has 0 saturated heterocycles. The summed E-state index contributed by atoms with van der Waals surface area (Å²) in [5.41, 5.74) is 3.48. The maximum atomic E-state index is 5.09. The van der Waals surface area contributed by atoms with Crippen molar-refractivity contribution in [2.45, 2.75) is 42.3 Å². The van der Waals surface area contributed by atoms with Gasteiger partial charge in [0.15, 0.2) is 5.82 Å². The molecule has 1 aliphatic heterocycles. The average molecular weight is 226 g/mol. The number of rotatable bonds is 2. The van der Waals surface area contributed by atoms with Crippen molar-refractivity contribution in [1.29, 1.82) is 0 Å². The number of nitrogens with one attached hydrogen (secondary N) is 1. The highest BCUT2D eigenvalue weighted by Gasteiger charge is 2.34. The highest BCUT2D eigenvalue weighted by atomic mass is 32.2. The Hall–Kier alpha value is -0.750. The highest BCUT2D eigenvalue weighted by molar-refractivity contribution is 7.99. The number of hydrogen-bond acceptors (Lipinski definition) is 5. The van der Waals surface area contributed by atoms with Gasteiger partial charge in [0.05, 0.1) is 6.04 Å². The van der Waals surface area contributed by atoms with Crippen LogP contribution in [0.25, 0.3) is 0 Å². The van der Waals surface area contributed by atoms with E-state index in [0.717, 1.165) is 11.0 Å². The van der Waals surface area contributed by atoms with Crippen LogP contribution in [0.3, 0.4) is 0 Å². The monoisotopic (exact) mass is 226 g/mol. The normalized spacial score (nSPS) is 28.3. The van der Waals surface area contributed by atoms with E-state index in [2.05, 4.69) is 15.6 Å². The quantitative estimate of drug-likeness (QED) is 0.815. The summed E-state index contributed by atoms with van der Waals surface area (Å²) in [6, 6.07) is 0.578. The largest absolute Gasteiger partial charge is 0.377 e. The summed E-state index contributed by atoms with van der Waals surface area (Å²) in [6.45, 7) is 0.512. The van der Waals surface area contributed by atoms with Crippen LogP contribution in [0, 0.1) is 0 Å². The zero-order valence-corrected chi connectivity index (χ0v) is 9.46. The lowest BCUT2D eigenvalue weighted by Gasteiger charge is -2.28. The first kappa shape index (κ1) is 9.47. The SMILES string of the molecule is COCc1nnc2n1NC1CCCC1S2. The molecular weight excluding hydrogens is 212 g/mol. The number of aromatic nitrogens is 3. The molecule has 5 nitrogen and oxygen atoms in total. The standard InChI is InChI=1S/C9H14N4OS/c1-14-5-8-10-11-9-13(8)12-6-3-2-4-7(6)15-9/h6-7,12H,2-5H2,1H3. The molecule has 1 aromatic heterocycles. The first-order valence-corrected chi connectivity index (χ1v) is 6.13. The van der Waals surface area contributed by atoms with Crippen LogP contribution in [0.2, 0.25) is 0 Å². The van der Waals surface area contributed by atoms with Crippen LogP contribution < -0.4 is 5.43 Å². The molecule has 6 heteroatoms. The van der Waals surface area contributed by atoms with Crippen LogP contribution >= 0.6 is 11.8 Å². The van der Waals surface area contributed by atoms with Gasteiger partial charge in [0.1, 0.15) is 6.61 Å². The van der Waals surface area contributed by atoms with Gasteiger partial charge in [-0.25, -0.2) is 4.68 Å². The van der Waals surface area contributed by atoms with E-state index in [4.69, 9.17) is 4.74 Å². The summed E-state index contributed by atoms with van der Waals surface area (Å²) in [6.07, 6.45) is 3.85. The summed E-state index contributed by atoms with van der Waals surface area (Å²) in [7, 11) is 1.68. The molecule has 1 saturated carbocycles. The Balaban J connectivity index is 1.88. The molecule has 2 aliphatic rings. The average Bonchev–Trinajstić information content (AvgIpc) is 2.82. The smallest absolute Gasteiger partial charge is 0.210 e. The van der Waals surface area contributed by atoms with E-state index >= 15 is 0 Å². The summed E-state index contributed by atoms with van der Waals surface area (Å²) in [4.78, 5) is 0. The molecule has 0 radical (unpaired) electrons. The molecular formula is C9H14N4OS. The van der Waals surface area contributed by atoms with Gasteiger partial charge < -0.3 is 10.2 Å². The summed E-state index contributed by atoms with van der Waals surface area (Å²) < 4.78 is 7.08. The van der Waals surface area contributed by atoms with Crippen molar-refractivity contribution in [2.24, 2.45) is 0 Å². The lowest BCUT2D eigenvalue weighted by Crippen LogP contribution is -2.38. The van der Waals surface area contributed by atoms with Crippen molar-refractivity contribution < 1.29 is 4.74 Å². The molecule has 82 valence electrons. The number of thioether (sulfide) groups is 1. The van der Waals surface area contributed by atoms with Crippen LogP contribution in [0.4, 0.5) is 0 Å². The fourth-order valence-electron chi connectivity index (χ4n) is 2.24. The van der Waals surface area contributed by atoms with Gasteiger partial charge in [-0.3, -0.25) is 0 Å². The Bertz CT molecular complexity index is 367. The van der Waals surface area contributed by atoms with E-state index in [1.54, 1.807) is 7.11 Å². The van der Waals surface area contributed by atoms with E-state index in [9.17, 15) is 0 Å². The molecule has 0 spiro atoms. The van der Waals surface area contributed by atoms with Gasteiger partial charge in [-0.15, -0.1) is 10.2 Å². The van der Waals surface area contributed by atoms with Gasteiger partial charge in [-0.1, -0.05) is 18.2 Å². The van der Waals surface area contributed by atoms with Crippen molar-refractivity contribution in [3.8, 4) is 0 Å². The number of hydrogen-bond donors (Lipinski definition) is 1. The predicted octanol–water partition coefficient (Wildman–Crippen LogP) is 0.995. The second kappa shape index (κ2) is 3.68. The molecule has 15 heavy (non-hydrogen) atoms. The molecule has 0 aromatic carbocycles. The van der Waals surface area contributed by atoms with Gasteiger partial charge in [0.2, 0.25) is 5.16 Å². The number of methoxy groups -OCH3 is 1. The molecule has 0 bridgehead atoms. The van der Waals surface area contributed by atoms with Gasteiger partial charge in [-0.2, -0.15) is 0 Å². The molecule has 2 heterocycles. The van der Waals surface area contributed by atoms with Crippen LogP contribution in [0.15, 0.2) is 5.16 Å². The van der Waals surface area contributed by atoms with Crippen molar-refractivity contribution in [3.63, 3.8) is 0 Å². The summed E-state index contributed by atoms with van der Waals surface area (Å²) >= 11 is 1.85. The number of ether oxygens (including phenoxy) is 1. The maximum absolute atomic E-state index is 5.09. The van der Waals surface area contributed by atoms with Crippen molar-refractivity contribution in [1.82, 2.24) is 14.9 Å². The van der Waals surface area contributed by atoms with Gasteiger partial charge in [-0.05, 0) is 12.8 Å². The Morgan fingerprint density at radius 3 is 3.33 bits per heavy atom. The fraction of sp³-hybridized carbons (Fsp3) is 0.778. The number of fused-ring (bicyclic) bond motifs is 2. The highest BCUT2D eigenvalue weighted by Crippen LogP contribution is 2.38. The zero-order chi connectivity index (χ0) is 10.3. The lowest BCUT2D eigenvalue weighted by molar-refractivity contribution is 0.174. The number of nitrogens with zero attached hydrogens (tertiary/aromatic N) is 3. The van der Waals surface area contributed by atoms with Crippen molar-refractivity contribution >= 4 is 11.8 Å². The first-order valence-electron chi connectivity index (χ1n) is 5.25. The Kier molecular flexibility index (Phi) is 2.32. The van der Waals surface area contributed by atoms with Gasteiger partial charge >= 0.3 is 0 Å². The summed E-state index contributed by atoms with van der Waals surface area (Å²) in [5.74, 6) is 0.866. The Morgan fingerprint density at radius 1 is 1.53 bits per heavy atom. The zero-order valence-electron chi connectivity index (χ0n) is 8.64. The van der Waals surface area contributed by atoms with Gasteiger partial charge in [0.25, 0.3) is 0 Å². The third-order valence-electron chi connectivity index (χ3n) is 2.98. The van der Waals surface area contributed by atoms with Crippen molar-refractivity contribution in [2.75, 3.05) is 12.5 Å². The van der Waals surface area contributed by atoms with Crippen LogP contribution in [-0.4, -0.2) is 33.3 Å². The first-order chi connectivity index (χ1) is 7.38. The van der Waals surface area contributed by atoms with E-state index in [1.807, 2.05) is 16.4 Å². The van der Waals surface area contributed by atoms with Crippen LogP contribution in [0.5, 0.6) is 0 Å². The molecule has 1 aromatic rings. The molecule has 2 atom stereocenters. The molecule has 1 N–H and O–H groups in total. The van der Waals surface area contributed by atoms with E-state index in [0.29, 0.717) is 17.9 Å². The third kappa shape index (κ3) is 1.52. The van der Waals surface area contributed by atoms with Crippen LogP contribution in [-0.2, 0) is 11.3 Å². The van der Waals surface area contributed by atoms with Crippen molar-refractivity contribution in [3.05, 3.63) is 5.82 Å². The second-order valence-corrected chi connectivity index (χ2v) is 5.20. The van der Waals surface area contributed by atoms with Gasteiger partial charge in [0, 0.05) is 12.4 Å². The topological polar surface area (TPSA) is 52.0 Å². The molecule has 2 unspecified atom stereocenters. The van der Waals surface area contributed by atoms with E-state index < -0.39 is 0 Å². The van der Waals surface area contributed by atoms with E-state index in [1.165, 1.54) is 19.3 Å². The molecule has 1 fully saturated rings. The fourth-order valence-corrected chi connectivity index (χ4v) is 3.51. The summed E-state index contributed by atoms with van der Waals surface area (Å²) in [5, 5.41) is 9.94. The minimum atomic E-state index is 0.512. The molecule has 0 amide bonds. The van der Waals surface area contributed by atoms with Crippen LogP contribution in [0.1, 0.15) is 25.1 Å². The predicted molar refractivity (Wildman–Crippen MR) is 57.4 cm³/mol.